The van der Waals surface area contributed by atoms with Crippen molar-refractivity contribution in [3.63, 3.8) is 0 Å². The molecule has 0 unspecified atom stereocenters. The van der Waals surface area contributed by atoms with Crippen LogP contribution in [0.1, 0.15) is 0 Å². The van der Waals surface area contributed by atoms with E-state index in [-0.39, 0.29) is 5.69 Å². The van der Waals surface area contributed by atoms with Crippen LogP contribution in [0.4, 0.5) is 0 Å². The number of hydrogen-bond acceptors (Lipinski definition) is 2. The first-order valence-corrected chi connectivity index (χ1v) is 3.79. The van der Waals surface area contributed by atoms with Gasteiger partial charge in [0.1, 0.15) is 0 Å². The normalized spacial score (nSPS) is 10.6. The summed E-state index contributed by atoms with van der Waals surface area (Å²) in [5, 5.41) is 5.98. The highest BCUT2D eigenvalue weighted by atomic mass is 79.9. The smallest absolute Gasteiger partial charge is 0.253 e. The van der Waals surface area contributed by atoms with Gasteiger partial charge >= 0.3 is 5.69 Å². The molecule has 2 rings (SSSR count). The van der Waals surface area contributed by atoms with Gasteiger partial charge in [-0.3, -0.25) is 4.40 Å². The molecule has 11 heavy (non-hydrogen) atoms. The van der Waals surface area contributed by atoms with Crippen LogP contribution in [0, 0.1) is 0 Å². The first-order chi connectivity index (χ1) is 5.29. The van der Waals surface area contributed by atoms with Crippen LogP contribution in [0.5, 0.6) is 0 Å². The second kappa shape index (κ2) is 2.20. The summed E-state index contributed by atoms with van der Waals surface area (Å²) >= 11 is 3.23. The quantitative estimate of drug-likeness (QED) is 0.704. The van der Waals surface area contributed by atoms with Gasteiger partial charge < -0.3 is 0 Å². The zero-order valence-corrected chi connectivity index (χ0v) is 7.00. The van der Waals surface area contributed by atoms with Gasteiger partial charge in [0.15, 0.2) is 0 Å². The average molecular weight is 214 g/mol. The molecule has 0 aliphatic heterocycles. The van der Waals surface area contributed by atoms with Crippen molar-refractivity contribution >= 4 is 21.4 Å². The van der Waals surface area contributed by atoms with Gasteiger partial charge in [0.2, 0.25) is 0 Å². The lowest BCUT2D eigenvalue weighted by Crippen LogP contribution is -2.16. The van der Waals surface area contributed by atoms with E-state index < -0.39 is 0 Å². The van der Waals surface area contributed by atoms with Gasteiger partial charge in [0, 0.05) is 0 Å². The van der Waals surface area contributed by atoms with Crippen molar-refractivity contribution in [2.24, 2.45) is 0 Å². The van der Waals surface area contributed by atoms with Crippen LogP contribution in [0.25, 0.3) is 5.52 Å². The van der Waals surface area contributed by atoms with E-state index in [1.807, 2.05) is 6.07 Å². The van der Waals surface area contributed by atoms with Gasteiger partial charge in [-0.1, -0.05) is 0 Å². The predicted molar refractivity (Wildman–Crippen MR) is 43.5 cm³/mol. The lowest BCUT2D eigenvalue weighted by Gasteiger charge is -1.91. The van der Waals surface area contributed by atoms with Crippen LogP contribution in [0.15, 0.2) is 27.7 Å². The van der Waals surface area contributed by atoms with E-state index in [0.717, 1.165) is 10.1 Å². The minimum absolute atomic E-state index is 0.237. The predicted octanol–water partition coefficient (Wildman–Crippen LogP) is 0.785. The maximum absolute atomic E-state index is 11.1. The largest absolute Gasteiger partial charge is 0.347 e. The molecule has 1 N–H and O–H groups in total. The summed E-state index contributed by atoms with van der Waals surface area (Å²) in [5.74, 6) is 0. The third-order valence-electron chi connectivity index (χ3n) is 1.42. The van der Waals surface area contributed by atoms with Crippen molar-refractivity contribution in [2.45, 2.75) is 0 Å². The monoisotopic (exact) mass is 213 g/mol. The van der Waals surface area contributed by atoms with Crippen LogP contribution < -0.4 is 5.69 Å². The van der Waals surface area contributed by atoms with E-state index in [1.54, 1.807) is 12.3 Å². The zero-order valence-electron chi connectivity index (χ0n) is 5.41. The highest BCUT2D eigenvalue weighted by molar-refractivity contribution is 9.10. The number of halogens is 1. The molecule has 0 amide bonds. The molecule has 2 aromatic heterocycles. The van der Waals surface area contributed by atoms with Crippen LogP contribution >= 0.6 is 15.9 Å². The van der Waals surface area contributed by atoms with Gasteiger partial charge in [-0.15, -0.1) is 0 Å². The molecule has 0 saturated heterocycles. The fourth-order valence-electron chi connectivity index (χ4n) is 0.945. The number of hydrogen-bond donors (Lipinski definition) is 1. The summed E-state index contributed by atoms with van der Waals surface area (Å²) < 4.78 is 2.23. The van der Waals surface area contributed by atoms with E-state index in [1.165, 1.54) is 4.40 Å². The minimum Gasteiger partial charge on any atom is -0.253 e. The molecular formula is C6H4BrN3O. The highest BCUT2D eigenvalue weighted by Crippen LogP contribution is 2.10. The lowest BCUT2D eigenvalue weighted by molar-refractivity contribution is 0.880. The molecule has 0 aliphatic carbocycles. The van der Waals surface area contributed by atoms with Crippen LogP contribution in [-0.4, -0.2) is 14.6 Å². The second-order valence-electron chi connectivity index (χ2n) is 2.09. The van der Waals surface area contributed by atoms with Crippen molar-refractivity contribution in [1.29, 1.82) is 0 Å². The average Bonchev–Trinajstić information content (AvgIpc) is 2.34. The van der Waals surface area contributed by atoms with Crippen LogP contribution in [0.3, 0.4) is 0 Å². The molecule has 0 aliphatic rings. The highest BCUT2D eigenvalue weighted by Gasteiger charge is 1.99. The van der Waals surface area contributed by atoms with Crippen molar-refractivity contribution < 1.29 is 0 Å². The van der Waals surface area contributed by atoms with E-state index in [9.17, 15) is 4.79 Å². The Bertz CT molecular complexity index is 444. The molecule has 0 fully saturated rings. The summed E-state index contributed by atoms with van der Waals surface area (Å²) in [6.07, 6.45) is 1.59. The minimum atomic E-state index is -0.237. The second-order valence-corrected chi connectivity index (χ2v) is 2.90. The third-order valence-corrected chi connectivity index (χ3v) is 2.04. The van der Waals surface area contributed by atoms with Gasteiger partial charge in [-0.25, -0.2) is 9.89 Å². The van der Waals surface area contributed by atoms with E-state index in [4.69, 9.17) is 0 Å². The Kier molecular flexibility index (Phi) is 1.32. The first kappa shape index (κ1) is 6.60. The lowest BCUT2D eigenvalue weighted by atomic mass is 10.5. The standard InChI is InChI=1S/C6H4BrN3O/c7-5-2-1-4-3-8-9-6(11)10(4)5/h1-3H,(H,9,11). The van der Waals surface area contributed by atoms with Crippen LogP contribution in [0.2, 0.25) is 0 Å². The van der Waals surface area contributed by atoms with E-state index >= 15 is 0 Å². The van der Waals surface area contributed by atoms with Gasteiger partial charge in [0.05, 0.1) is 16.3 Å². The molecule has 0 radical (unpaired) electrons. The van der Waals surface area contributed by atoms with Gasteiger partial charge in [0.25, 0.3) is 0 Å². The number of aromatic amines is 1. The topological polar surface area (TPSA) is 50.2 Å². The fourth-order valence-corrected chi connectivity index (χ4v) is 1.44. The molecular weight excluding hydrogens is 210 g/mol. The number of rotatable bonds is 0. The molecule has 2 heterocycles. The zero-order chi connectivity index (χ0) is 7.84. The Balaban J connectivity index is 3.08. The number of H-pyrrole nitrogens is 1. The molecule has 0 spiro atoms. The third kappa shape index (κ3) is 0.883. The number of nitrogens with zero attached hydrogens (tertiary/aromatic N) is 2. The summed E-state index contributed by atoms with van der Waals surface area (Å²) in [6, 6.07) is 3.61. The van der Waals surface area contributed by atoms with Gasteiger partial charge in [-0.2, -0.15) is 5.10 Å². The van der Waals surface area contributed by atoms with E-state index in [2.05, 4.69) is 26.1 Å². The maximum atomic E-state index is 11.1. The SMILES string of the molecule is O=c1[nH]ncc2ccc(Br)n12. The summed E-state index contributed by atoms with van der Waals surface area (Å²) in [6.45, 7) is 0. The number of nitrogens with one attached hydrogen (secondary N) is 1. The van der Waals surface area contributed by atoms with E-state index in [0.29, 0.717) is 0 Å². The van der Waals surface area contributed by atoms with Crippen molar-refractivity contribution in [3.05, 3.63) is 33.4 Å². The first-order valence-electron chi connectivity index (χ1n) is 3.00. The maximum Gasteiger partial charge on any atom is 0.347 e. The van der Waals surface area contributed by atoms with Crippen molar-refractivity contribution in [3.8, 4) is 0 Å². The Morgan fingerprint density at radius 3 is 3.09 bits per heavy atom. The molecule has 0 aromatic carbocycles. The molecule has 0 saturated carbocycles. The number of fused-ring (bicyclic) bond motifs is 1. The summed E-state index contributed by atoms with van der Waals surface area (Å²) in [5.41, 5.74) is 0.542. The molecule has 56 valence electrons. The number of aromatic nitrogens is 3. The van der Waals surface area contributed by atoms with Crippen molar-refractivity contribution in [1.82, 2.24) is 14.6 Å². The Morgan fingerprint density at radius 1 is 1.55 bits per heavy atom. The van der Waals surface area contributed by atoms with Crippen LogP contribution in [-0.2, 0) is 0 Å². The summed E-state index contributed by atoms with van der Waals surface area (Å²) in [7, 11) is 0. The Hall–Kier alpha value is -1.10. The molecule has 2 aromatic rings. The Labute approximate surface area is 70.0 Å². The molecule has 5 heteroatoms. The molecule has 4 nitrogen and oxygen atoms in total. The fraction of sp³-hybridized carbons (Fsp3) is 0. The van der Waals surface area contributed by atoms with Gasteiger partial charge in [-0.05, 0) is 28.1 Å². The summed E-state index contributed by atoms with van der Waals surface area (Å²) in [4.78, 5) is 11.1. The molecule has 0 atom stereocenters. The molecule has 0 bridgehead atoms. The Morgan fingerprint density at radius 2 is 2.36 bits per heavy atom. The van der Waals surface area contributed by atoms with Crippen molar-refractivity contribution in [2.75, 3.05) is 0 Å².